The second kappa shape index (κ2) is 6.21. The molecular formula is C14H17BrN2O3S. The van der Waals surface area contributed by atoms with Crippen molar-refractivity contribution >= 4 is 31.6 Å². The van der Waals surface area contributed by atoms with Crippen LogP contribution in [-0.4, -0.2) is 15.5 Å². The fourth-order valence-electron chi connectivity index (χ4n) is 1.96. The highest BCUT2D eigenvalue weighted by molar-refractivity contribution is 9.10. The summed E-state index contributed by atoms with van der Waals surface area (Å²) in [7, 11) is -1.91. The Labute approximate surface area is 132 Å². The predicted octanol–water partition coefficient (Wildman–Crippen LogP) is 3.18. The summed E-state index contributed by atoms with van der Waals surface area (Å²) in [6, 6.07) is 6.96. The molecule has 0 saturated carbocycles. The first-order valence-corrected chi connectivity index (χ1v) is 8.64. The second-order valence-electron chi connectivity index (χ2n) is 4.75. The molecule has 2 aromatic rings. The number of anilines is 1. The van der Waals surface area contributed by atoms with Crippen LogP contribution in [0.3, 0.4) is 0 Å². The molecule has 114 valence electrons. The molecule has 0 fully saturated rings. The summed E-state index contributed by atoms with van der Waals surface area (Å²) < 4.78 is 33.6. The van der Waals surface area contributed by atoms with Crippen molar-refractivity contribution in [3.8, 4) is 0 Å². The van der Waals surface area contributed by atoms with Crippen molar-refractivity contribution in [3.05, 3.63) is 45.8 Å². The van der Waals surface area contributed by atoms with Gasteiger partial charge >= 0.3 is 0 Å². The van der Waals surface area contributed by atoms with Crippen molar-refractivity contribution in [3.63, 3.8) is 0 Å². The number of hydrogen-bond donors (Lipinski definition) is 2. The molecule has 7 heteroatoms. The van der Waals surface area contributed by atoms with Crippen molar-refractivity contribution in [2.75, 3.05) is 11.8 Å². The van der Waals surface area contributed by atoms with Gasteiger partial charge in [-0.3, -0.25) is 4.72 Å². The van der Waals surface area contributed by atoms with Gasteiger partial charge in [-0.1, -0.05) is 6.07 Å². The maximum Gasteiger partial charge on any atom is 0.265 e. The van der Waals surface area contributed by atoms with Gasteiger partial charge in [0.2, 0.25) is 0 Å². The zero-order valence-electron chi connectivity index (χ0n) is 12.0. The molecule has 0 aliphatic rings. The summed E-state index contributed by atoms with van der Waals surface area (Å²) in [4.78, 5) is 0.153. The minimum absolute atomic E-state index is 0.153. The number of benzene rings is 1. The van der Waals surface area contributed by atoms with Crippen LogP contribution in [0.1, 0.15) is 17.1 Å². The third kappa shape index (κ3) is 3.66. The molecule has 0 spiro atoms. The molecule has 0 atom stereocenters. The van der Waals surface area contributed by atoms with Gasteiger partial charge in [-0.05, 0) is 54.5 Å². The first-order valence-electron chi connectivity index (χ1n) is 6.36. The van der Waals surface area contributed by atoms with Crippen molar-refractivity contribution in [1.82, 2.24) is 5.32 Å². The number of sulfonamides is 1. The van der Waals surface area contributed by atoms with E-state index in [-0.39, 0.29) is 4.90 Å². The van der Waals surface area contributed by atoms with Gasteiger partial charge in [-0.2, -0.15) is 0 Å². The van der Waals surface area contributed by atoms with Gasteiger partial charge in [0.05, 0.1) is 12.2 Å². The molecular weight excluding hydrogens is 356 g/mol. The molecule has 0 bridgehead atoms. The number of furan rings is 1. The van der Waals surface area contributed by atoms with Crippen LogP contribution in [0, 0.1) is 13.8 Å². The standard InChI is InChI=1S/C14H17BrN2O3S/c1-9-4-5-13(12(15)6-9)17-21(18,19)14-7-11(8-16-3)20-10(14)2/h4-7,16-17H,8H2,1-3H3. The van der Waals surface area contributed by atoms with Gasteiger partial charge in [0.15, 0.2) is 0 Å². The van der Waals surface area contributed by atoms with Crippen molar-refractivity contribution in [2.24, 2.45) is 0 Å². The Kier molecular flexibility index (Phi) is 4.75. The minimum Gasteiger partial charge on any atom is -0.464 e. The topological polar surface area (TPSA) is 71.3 Å². The lowest BCUT2D eigenvalue weighted by Crippen LogP contribution is -2.13. The van der Waals surface area contributed by atoms with Gasteiger partial charge in [-0.25, -0.2) is 8.42 Å². The van der Waals surface area contributed by atoms with Crippen molar-refractivity contribution < 1.29 is 12.8 Å². The molecule has 0 aliphatic carbocycles. The largest absolute Gasteiger partial charge is 0.464 e. The molecule has 1 aromatic carbocycles. The van der Waals surface area contributed by atoms with Crippen LogP contribution in [0.15, 0.2) is 38.1 Å². The molecule has 2 N–H and O–H groups in total. The number of halogens is 1. The second-order valence-corrected chi connectivity index (χ2v) is 7.26. The summed E-state index contributed by atoms with van der Waals surface area (Å²) in [5.74, 6) is 0.953. The summed E-state index contributed by atoms with van der Waals surface area (Å²) in [6.07, 6.45) is 0. The average molecular weight is 373 g/mol. The lowest BCUT2D eigenvalue weighted by molar-refractivity contribution is 0.466. The molecule has 21 heavy (non-hydrogen) atoms. The number of rotatable bonds is 5. The smallest absolute Gasteiger partial charge is 0.265 e. The fraction of sp³-hybridized carbons (Fsp3) is 0.286. The first-order chi connectivity index (χ1) is 9.83. The molecule has 0 aliphatic heterocycles. The SMILES string of the molecule is CNCc1cc(S(=O)(=O)Nc2ccc(C)cc2Br)c(C)o1. The van der Waals surface area contributed by atoms with Crippen LogP contribution in [0.5, 0.6) is 0 Å². The molecule has 2 rings (SSSR count). The van der Waals surface area contributed by atoms with E-state index in [1.165, 1.54) is 6.07 Å². The fourth-order valence-corrected chi connectivity index (χ4v) is 3.96. The minimum atomic E-state index is -3.68. The molecule has 0 unspecified atom stereocenters. The van der Waals surface area contributed by atoms with E-state index < -0.39 is 10.0 Å². The van der Waals surface area contributed by atoms with Crippen molar-refractivity contribution in [2.45, 2.75) is 25.3 Å². The Balaban J connectivity index is 2.34. The van der Waals surface area contributed by atoms with E-state index >= 15 is 0 Å². The third-order valence-corrected chi connectivity index (χ3v) is 5.06. The Morgan fingerprint density at radius 3 is 2.57 bits per heavy atom. The average Bonchev–Trinajstić information content (AvgIpc) is 2.75. The number of nitrogens with one attached hydrogen (secondary N) is 2. The number of hydrogen-bond acceptors (Lipinski definition) is 4. The van der Waals surface area contributed by atoms with Crippen LogP contribution in [0.25, 0.3) is 0 Å². The molecule has 0 radical (unpaired) electrons. The Bertz CT molecular complexity index is 754. The Hall–Kier alpha value is -1.31. The van der Waals surface area contributed by atoms with E-state index in [0.29, 0.717) is 28.2 Å². The van der Waals surface area contributed by atoms with E-state index in [9.17, 15) is 8.42 Å². The van der Waals surface area contributed by atoms with Gasteiger partial charge in [-0.15, -0.1) is 0 Å². The van der Waals surface area contributed by atoms with E-state index in [1.54, 1.807) is 20.0 Å². The van der Waals surface area contributed by atoms with Crippen LogP contribution in [0.4, 0.5) is 5.69 Å². The zero-order chi connectivity index (χ0) is 15.6. The van der Waals surface area contributed by atoms with E-state index in [4.69, 9.17) is 4.42 Å². The lowest BCUT2D eigenvalue weighted by atomic mass is 10.2. The number of aryl methyl sites for hydroxylation is 2. The molecule has 0 saturated heterocycles. The van der Waals surface area contributed by atoms with E-state index in [1.807, 2.05) is 19.1 Å². The normalized spacial score (nSPS) is 11.6. The predicted molar refractivity (Wildman–Crippen MR) is 85.9 cm³/mol. The van der Waals surface area contributed by atoms with Crippen LogP contribution in [0.2, 0.25) is 0 Å². The summed E-state index contributed by atoms with van der Waals surface area (Å²) in [5, 5.41) is 2.92. The first kappa shape index (κ1) is 16.1. The van der Waals surface area contributed by atoms with Gasteiger partial charge in [0.25, 0.3) is 10.0 Å². The molecule has 5 nitrogen and oxygen atoms in total. The monoisotopic (exact) mass is 372 g/mol. The lowest BCUT2D eigenvalue weighted by Gasteiger charge is -2.09. The highest BCUT2D eigenvalue weighted by Gasteiger charge is 2.22. The third-order valence-electron chi connectivity index (χ3n) is 2.93. The van der Waals surface area contributed by atoms with E-state index in [2.05, 4.69) is 26.0 Å². The van der Waals surface area contributed by atoms with Crippen LogP contribution >= 0.6 is 15.9 Å². The summed E-state index contributed by atoms with van der Waals surface area (Å²) >= 11 is 3.36. The quantitative estimate of drug-likeness (QED) is 0.845. The van der Waals surface area contributed by atoms with Crippen LogP contribution < -0.4 is 10.0 Å². The maximum atomic E-state index is 12.5. The van der Waals surface area contributed by atoms with Gasteiger partial charge in [0.1, 0.15) is 16.4 Å². The van der Waals surface area contributed by atoms with Gasteiger partial charge < -0.3 is 9.73 Å². The summed E-state index contributed by atoms with van der Waals surface area (Å²) in [5.41, 5.74) is 1.54. The Morgan fingerprint density at radius 2 is 1.95 bits per heavy atom. The van der Waals surface area contributed by atoms with Crippen molar-refractivity contribution in [1.29, 1.82) is 0 Å². The van der Waals surface area contributed by atoms with E-state index in [0.717, 1.165) is 5.56 Å². The Morgan fingerprint density at radius 1 is 1.24 bits per heavy atom. The molecule has 1 aromatic heterocycles. The molecule has 0 amide bonds. The molecule has 1 heterocycles. The van der Waals surface area contributed by atoms with Crippen LogP contribution in [-0.2, 0) is 16.6 Å². The highest BCUT2D eigenvalue weighted by Crippen LogP contribution is 2.28. The zero-order valence-corrected chi connectivity index (χ0v) is 14.4. The summed E-state index contributed by atoms with van der Waals surface area (Å²) in [6.45, 7) is 4.05. The van der Waals surface area contributed by atoms with Gasteiger partial charge in [0, 0.05) is 10.5 Å². The highest BCUT2D eigenvalue weighted by atomic mass is 79.9. The maximum absolute atomic E-state index is 12.5.